The zero-order valence-corrected chi connectivity index (χ0v) is 19.1. The summed E-state index contributed by atoms with van der Waals surface area (Å²) in [7, 11) is 0. The molecule has 1 aromatic heterocycles. The summed E-state index contributed by atoms with van der Waals surface area (Å²) in [6, 6.07) is 10.3. The van der Waals surface area contributed by atoms with Gasteiger partial charge in [0.05, 0.1) is 6.54 Å². The average Bonchev–Trinajstić information content (AvgIpc) is 3.31. The maximum Gasteiger partial charge on any atom is 0.183 e. The molecular formula is C28H32N2O2. The van der Waals surface area contributed by atoms with Crippen molar-refractivity contribution in [3.63, 3.8) is 0 Å². The highest BCUT2D eigenvalue weighted by atomic mass is 16.1. The third kappa shape index (κ3) is 2.71. The van der Waals surface area contributed by atoms with Crippen molar-refractivity contribution >= 4 is 17.6 Å². The molecule has 32 heavy (non-hydrogen) atoms. The van der Waals surface area contributed by atoms with Gasteiger partial charge in [-0.3, -0.25) is 14.3 Å². The van der Waals surface area contributed by atoms with E-state index in [4.69, 9.17) is 5.10 Å². The molecular weight excluding hydrogens is 396 g/mol. The van der Waals surface area contributed by atoms with Crippen LogP contribution in [0, 0.1) is 23.2 Å². The number of rotatable bonds is 3. The van der Waals surface area contributed by atoms with Gasteiger partial charge in [0.15, 0.2) is 5.78 Å². The van der Waals surface area contributed by atoms with Crippen molar-refractivity contribution in [1.82, 2.24) is 9.78 Å². The highest BCUT2D eigenvalue weighted by Crippen LogP contribution is 2.63. The standard InChI is InChI=1S/C28H32N2O2/c1-27-14-12-21-19(20(27)10-11-24(27)32)17-22-25-26(23(31)13-15-28(21,25)2)29-30(22)16-6-9-18-7-4-3-5-8-18/h3-9,19-21H,10-17H2,1-2H3/b9-6+. The Morgan fingerprint density at radius 1 is 1.03 bits per heavy atom. The number of Topliss-reactive ketones (excluding diaryl/α,β-unsaturated/α-hetero) is 2. The number of hydrogen-bond acceptors (Lipinski definition) is 3. The molecule has 2 saturated carbocycles. The second-order valence-corrected chi connectivity index (χ2v) is 11.0. The van der Waals surface area contributed by atoms with Crippen molar-refractivity contribution in [1.29, 1.82) is 0 Å². The summed E-state index contributed by atoms with van der Waals surface area (Å²) < 4.78 is 2.10. The topological polar surface area (TPSA) is 52.0 Å². The number of fused-ring (bicyclic) bond motifs is 4. The van der Waals surface area contributed by atoms with Gasteiger partial charge in [0.25, 0.3) is 0 Å². The normalized spacial score (nSPS) is 35.6. The smallest absolute Gasteiger partial charge is 0.183 e. The highest BCUT2D eigenvalue weighted by Gasteiger charge is 2.60. The Hall–Kier alpha value is -2.49. The molecule has 0 N–H and O–H groups in total. The van der Waals surface area contributed by atoms with Crippen molar-refractivity contribution in [3.05, 3.63) is 58.9 Å². The second kappa shape index (κ2) is 7.00. The summed E-state index contributed by atoms with van der Waals surface area (Å²) >= 11 is 0. The molecule has 166 valence electrons. The van der Waals surface area contributed by atoms with Gasteiger partial charge in [0, 0.05) is 34.9 Å². The van der Waals surface area contributed by atoms with Gasteiger partial charge in [-0.1, -0.05) is 56.3 Å². The predicted octanol–water partition coefficient (Wildman–Crippen LogP) is 5.40. The molecule has 1 heterocycles. The predicted molar refractivity (Wildman–Crippen MR) is 124 cm³/mol. The Balaban J connectivity index is 1.41. The van der Waals surface area contributed by atoms with Crippen LogP contribution in [-0.4, -0.2) is 21.3 Å². The fourth-order valence-corrected chi connectivity index (χ4v) is 7.85. The van der Waals surface area contributed by atoms with Gasteiger partial charge < -0.3 is 0 Å². The Morgan fingerprint density at radius 3 is 2.62 bits per heavy atom. The van der Waals surface area contributed by atoms with E-state index in [0.29, 0.717) is 36.5 Å². The number of nitrogens with zero attached hydrogens (tertiary/aromatic N) is 2. The maximum atomic E-state index is 12.9. The van der Waals surface area contributed by atoms with Crippen LogP contribution < -0.4 is 0 Å². The zero-order valence-electron chi connectivity index (χ0n) is 19.1. The minimum Gasteiger partial charge on any atom is -0.299 e. The number of carbonyl (C=O) groups excluding carboxylic acids is 2. The lowest BCUT2D eigenvalue weighted by Gasteiger charge is -2.55. The van der Waals surface area contributed by atoms with Crippen LogP contribution in [-0.2, 0) is 23.2 Å². The molecule has 5 atom stereocenters. The minimum absolute atomic E-state index is 0.00978. The van der Waals surface area contributed by atoms with E-state index in [1.807, 2.05) is 18.2 Å². The molecule has 1 aromatic carbocycles. The zero-order chi connectivity index (χ0) is 22.1. The molecule has 4 heteroatoms. The van der Waals surface area contributed by atoms with Gasteiger partial charge in [-0.05, 0) is 55.4 Å². The van der Waals surface area contributed by atoms with Crippen LogP contribution >= 0.6 is 0 Å². The van der Waals surface area contributed by atoms with Crippen LogP contribution in [0.2, 0.25) is 0 Å². The van der Waals surface area contributed by atoms with Crippen LogP contribution in [0.5, 0.6) is 0 Å². The summed E-state index contributed by atoms with van der Waals surface area (Å²) in [5.41, 5.74) is 4.29. The second-order valence-electron chi connectivity index (χ2n) is 11.0. The average molecular weight is 429 g/mol. The van der Waals surface area contributed by atoms with Gasteiger partial charge in [0.2, 0.25) is 0 Å². The molecule has 2 aromatic rings. The number of aromatic nitrogens is 2. The first-order valence-corrected chi connectivity index (χ1v) is 12.3. The van der Waals surface area contributed by atoms with Crippen molar-refractivity contribution < 1.29 is 9.59 Å². The van der Waals surface area contributed by atoms with Crippen molar-refractivity contribution in [3.8, 4) is 0 Å². The molecule has 4 aliphatic carbocycles. The Labute approximate surface area is 190 Å². The van der Waals surface area contributed by atoms with Gasteiger partial charge in [-0.25, -0.2) is 0 Å². The van der Waals surface area contributed by atoms with Crippen molar-refractivity contribution in [2.75, 3.05) is 0 Å². The van der Waals surface area contributed by atoms with Gasteiger partial charge in [-0.15, -0.1) is 0 Å². The third-order valence-electron chi connectivity index (χ3n) is 9.55. The summed E-state index contributed by atoms with van der Waals surface area (Å²) in [4.78, 5) is 25.7. The van der Waals surface area contributed by atoms with E-state index >= 15 is 0 Å². The molecule has 4 aliphatic rings. The van der Waals surface area contributed by atoms with E-state index in [1.54, 1.807) is 0 Å². The molecule has 4 nitrogen and oxygen atoms in total. The number of hydrogen-bond donors (Lipinski definition) is 0. The molecule has 0 amide bonds. The Morgan fingerprint density at radius 2 is 1.81 bits per heavy atom. The third-order valence-corrected chi connectivity index (χ3v) is 9.55. The molecule has 6 rings (SSSR count). The molecule has 0 aliphatic heterocycles. The lowest BCUT2D eigenvalue weighted by molar-refractivity contribution is -0.131. The van der Waals surface area contributed by atoms with E-state index in [0.717, 1.165) is 44.2 Å². The van der Waals surface area contributed by atoms with Gasteiger partial charge in [0.1, 0.15) is 11.5 Å². The maximum absolute atomic E-state index is 12.9. The first kappa shape index (κ1) is 20.1. The van der Waals surface area contributed by atoms with E-state index < -0.39 is 0 Å². The van der Waals surface area contributed by atoms with Crippen molar-refractivity contribution in [2.24, 2.45) is 23.2 Å². The van der Waals surface area contributed by atoms with Crippen LogP contribution in [0.4, 0.5) is 0 Å². The molecule has 0 saturated heterocycles. The monoisotopic (exact) mass is 428 g/mol. The fourth-order valence-electron chi connectivity index (χ4n) is 7.85. The molecule has 2 fully saturated rings. The van der Waals surface area contributed by atoms with E-state index in [-0.39, 0.29) is 16.6 Å². The molecule has 0 spiro atoms. The number of benzene rings is 1. The summed E-state index contributed by atoms with van der Waals surface area (Å²) in [6.07, 6.45) is 10.7. The lowest BCUT2D eigenvalue weighted by atomic mass is 9.48. The van der Waals surface area contributed by atoms with Gasteiger partial charge in [-0.2, -0.15) is 5.10 Å². The number of allylic oxidation sites excluding steroid dienone is 1. The largest absolute Gasteiger partial charge is 0.299 e. The lowest BCUT2D eigenvalue weighted by Crippen LogP contribution is -2.53. The van der Waals surface area contributed by atoms with E-state index in [9.17, 15) is 9.59 Å². The summed E-state index contributed by atoms with van der Waals surface area (Å²) in [6.45, 7) is 5.31. The summed E-state index contributed by atoms with van der Waals surface area (Å²) in [5, 5.41) is 4.89. The van der Waals surface area contributed by atoms with Crippen LogP contribution in [0.1, 0.15) is 79.7 Å². The van der Waals surface area contributed by atoms with E-state index in [1.165, 1.54) is 16.8 Å². The quantitative estimate of drug-likeness (QED) is 0.658. The van der Waals surface area contributed by atoms with Crippen LogP contribution in [0.25, 0.3) is 6.08 Å². The molecule has 0 bridgehead atoms. The first-order valence-electron chi connectivity index (χ1n) is 12.3. The van der Waals surface area contributed by atoms with Crippen molar-refractivity contribution in [2.45, 2.75) is 70.8 Å². The van der Waals surface area contributed by atoms with Crippen LogP contribution in [0.15, 0.2) is 36.4 Å². The molecule has 5 unspecified atom stereocenters. The van der Waals surface area contributed by atoms with E-state index in [2.05, 4.69) is 42.8 Å². The fraction of sp³-hybridized carbons (Fsp3) is 0.536. The Kier molecular flexibility index (Phi) is 4.41. The highest BCUT2D eigenvalue weighted by molar-refractivity contribution is 5.97. The summed E-state index contributed by atoms with van der Waals surface area (Å²) in [5.74, 6) is 2.24. The first-order chi connectivity index (χ1) is 15.4. The minimum atomic E-state index is -0.138. The van der Waals surface area contributed by atoms with Crippen LogP contribution in [0.3, 0.4) is 0 Å². The van der Waals surface area contributed by atoms with Gasteiger partial charge >= 0.3 is 0 Å². The SMILES string of the molecule is CC12CCC3C(Cc4c5c(nn4C/C=C/c4ccccc4)C(=O)CCC53C)C1CCC2=O. The molecule has 0 radical (unpaired) electrons. The number of carbonyl (C=O) groups is 2. The Bertz CT molecular complexity index is 1130. The number of ketones is 2.